The van der Waals surface area contributed by atoms with E-state index in [2.05, 4.69) is 34.2 Å². The molecule has 2 aromatic rings. The molecule has 0 atom stereocenters. The lowest BCUT2D eigenvalue weighted by Gasteiger charge is -2.07. The molecule has 0 aliphatic rings. The predicted molar refractivity (Wildman–Crippen MR) is 72.0 cm³/mol. The van der Waals surface area contributed by atoms with E-state index in [9.17, 15) is 4.79 Å². The second kappa shape index (κ2) is 6.38. The third kappa shape index (κ3) is 3.47. The summed E-state index contributed by atoms with van der Waals surface area (Å²) in [5.41, 5.74) is 5.76. The molecule has 0 aliphatic carbocycles. The van der Waals surface area contributed by atoms with E-state index in [1.807, 2.05) is 0 Å². The van der Waals surface area contributed by atoms with E-state index in [4.69, 9.17) is 5.73 Å². The Morgan fingerprint density at radius 3 is 2.95 bits per heavy atom. The van der Waals surface area contributed by atoms with Crippen LogP contribution in [0.5, 0.6) is 0 Å². The van der Waals surface area contributed by atoms with Gasteiger partial charge in [-0.2, -0.15) is 5.10 Å². The average Bonchev–Trinajstić information content (AvgIpc) is 2.99. The summed E-state index contributed by atoms with van der Waals surface area (Å²) < 4.78 is 3.32. The molecule has 2 heterocycles. The summed E-state index contributed by atoms with van der Waals surface area (Å²) >= 11 is 0. The molecule has 2 rings (SSSR count). The zero-order valence-corrected chi connectivity index (χ0v) is 11.7. The van der Waals surface area contributed by atoms with Crippen LogP contribution in [-0.4, -0.2) is 42.1 Å². The summed E-state index contributed by atoms with van der Waals surface area (Å²) in [4.78, 5) is 16.3. The normalized spacial score (nSPS) is 11.2. The fourth-order valence-corrected chi connectivity index (χ4v) is 1.83. The SMILES string of the molecule is CC(C)Cn1ncnc1CC(=O)c1cn(CCN)nn1. The molecule has 0 aliphatic heterocycles. The summed E-state index contributed by atoms with van der Waals surface area (Å²) in [5.74, 6) is 0.972. The number of hydrogen-bond acceptors (Lipinski definition) is 6. The Morgan fingerprint density at radius 1 is 1.45 bits per heavy atom. The first-order valence-electron chi connectivity index (χ1n) is 6.60. The Bertz CT molecular complexity index is 572. The molecule has 0 spiro atoms. The minimum atomic E-state index is -0.119. The van der Waals surface area contributed by atoms with Gasteiger partial charge in [-0.25, -0.2) is 9.67 Å². The summed E-state index contributed by atoms with van der Waals surface area (Å²) in [5, 5.41) is 11.8. The molecule has 8 heteroatoms. The number of rotatable bonds is 7. The molecular formula is C12H19N7O. The Morgan fingerprint density at radius 2 is 2.25 bits per heavy atom. The molecule has 0 aromatic carbocycles. The molecule has 2 aromatic heterocycles. The monoisotopic (exact) mass is 277 g/mol. The highest BCUT2D eigenvalue weighted by Gasteiger charge is 2.15. The zero-order valence-electron chi connectivity index (χ0n) is 11.7. The zero-order chi connectivity index (χ0) is 14.5. The molecule has 0 unspecified atom stereocenters. The molecule has 0 saturated carbocycles. The van der Waals surface area contributed by atoms with Gasteiger partial charge in [-0.3, -0.25) is 9.48 Å². The van der Waals surface area contributed by atoms with Gasteiger partial charge in [0.1, 0.15) is 17.8 Å². The van der Waals surface area contributed by atoms with Gasteiger partial charge in [0.05, 0.1) is 19.2 Å². The van der Waals surface area contributed by atoms with Crippen LogP contribution in [0.1, 0.15) is 30.2 Å². The first-order valence-corrected chi connectivity index (χ1v) is 6.60. The average molecular weight is 277 g/mol. The minimum absolute atomic E-state index is 0.119. The standard InChI is InChI=1S/C12H19N7O/c1-9(2)6-19-12(14-8-15-19)5-11(20)10-7-18(4-3-13)17-16-10/h7-9H,3-6,13H2,1-2H3. The van der Waals surface area contributed by atoms with E-state index in [-0.39, 0.29) is 12.2 Å². The van der Waals surface area contributed by atoms with Crippen LogP contribution in [0.15, 0.2) is 12.5 Å². The number of carbonyl (C=O) groups is 1. The van der Waals surface area contributed by atoms with Gasteiger partial charge in [-0.05, 0) is 5.92 Å². The van der Waals surface area contributed by atoms with Crippen molar-refractivity contribution < 1.29 is 4.79 Å². The Labute approximate surface area is 117 Å². The molecule has 2 N–H and O–H groups in total. The molecule has 0 bridgehead atoms. The summed E-state index contributed by atoms with van der Waals surface area (Å²) in [6.45, 7) is 5.92. The van der Waals surface area contributed by atoms with Gasteiger partial charge < -0.3 is 5.73 Å². The van der Waals surface area contributed by atoms with Crippen molar-refractivity contribution in [2.75, 3.05) is 6.54 Å². The van der Waals surface area contributed by atoms with Crippen LogP contribution in [-0.2, 0) is 19.5 Å². The third-order valence-electron chi connectivity index (χ3n) is 2.74. The van der Waals surface area contributed by atoms with Gasteiger partial charge in [0.15, 0.2) is 5.78 Å². The van der Waals surface area contributed by atoms with Gasteiger partial charge in [-0.15, -0.1) is 5.10 Å². The fourth-order valence-electron chi connectivity index (χ4n) is 1.83. The number of hydrogen-bond donors (Lipinski definition) is 1. The van der Waals surface area contributed by atoms with Crippen molar-refractivity contribution in [2.45, 2.75) is 33.4 Å². The number of ketones is 1. The summed E-state index contributed by atoms with van der Waals surface area (Å²) in [6.07, 6.45) is 3.25. The first-order chi connectivity index (χ1) is 9.60. The van der Waals surface area contributed by atoms with Crippen molar-refractivity contribution in [3.63, 3.8) is 0 Å². The van der Waals surface area contributed by atoms with Crippen LogP contribution >= 0.6 is 0 Å². The second-order valence-corrected chi connectivity index (χ2v) is 5.01. The lowest BCUT2D eigenvalue weighted by Crippen LogP contribution is -2.14. The molecule has 20 heavy (non-hydrogen) atoms. The van der Waals surface area contributed by atoms with Crippen molar-refractivity contribution in [3.05, 3.63) is 24.0 Å². The number of Topliss-reactive ketones (excluding diaryl/α,β-unsaturated/α-hetero) is 1. The maximum atomic E-state index is 12.1. The highest BCUT2D eigenvalue weighted by Crippen LogP contribution is 2.05. The van der Waals surface area contributed by atoms with Gasteiger partial charge in [0, 0.05) is 13.1 Å². The van der Waals surface area contributed by atoms with E-state index in [1.54, 1.807) is 15.6 Å². The topological polar surface area (TPSA) is 105 Å². The molecule has 0 amide bonds. The van der Waals surface area contributed by atoms with Crippen molar-refractivity contribution in [1.29, 1.82) is 0 Å². The quantitative estimate of drug-likeness (QED) is 0.709. The van der Waals surface area contributed by atoms with Crippen LogP contribution in [0.4, 0.5) is 0 Å². The highest BCUT2D eigenvalue weighted by atomic mass is 16.1. The van der Waals surface area contributed by atoms with Gasteiger partial charge in [0.25, 0.3) is 0 Å². The third-order valence-corrected chi connectivity index (χ3v) is 2.74. The van der Waals surface area contributed by atoms with E-state index < -0.39 is 0 Å². The minimum Gasteiger partial charge on any atom is -0.329 e. The molecule has 0 saturated heterocycles. The number of carbonyl (C=O) groups excluding carboxylic acids is 1. The van der Waals surface area contributed by atoms with Gasteiger partial charge in [-0.1, -0.05) is 19.1 Å². The van der Waals surface area contributed by atoms with Crippen molar-refractivity contribution >= 4 is 5.78 Å². The summed E-state index contributed by atoms with van der Waals surface area (Å²) in [7, 11) is 0. The van der Waals surface area contributed by atoms with E-state index >= 15 is 0 Å². The van der Waals surface area contributed by atoms with Crippen LogP contribution in [0.25, 0.3) is 0 Å². The maximum Gasteiger partial charge on any atom is 0.192 e. The van der Waals surface area contributed by atoms with Crippen LogP contribution in [0.2, 0.25) is 0 Å². The van der Waals surface area contributed by atoms with Crippen LogP contribution in [0, 0.1) is 5.92 Å². The lowest BCUT2D eigenvalue weighted by atomic mass is 10.2. The number of nitrogens with two attached hydrogens (primary N) is 1. The highest BCUT2D eigenvalue weighted by molar-refractivity contribution is 5.94. The molecule has 0 fully saturated rings. The van der Waals surface area contributed by atoms with Crippen molar-refractivity contribution in [3.8, 4) is 0 Å². The Hall–Kier alpha value is -2.09. The summed E-state index contributed by atoms with van der Waals surface area (Å²) in [6, 6.07) is 0. The van der Waals surface area contributed by atoms with E-state index in [0.29, 0.717) is 30.5 Å². The van der Waals surface area contributed by atoms with Crippen LogP contribution in [0.3, 0.4) is 0 Å². The van der Waals surface area contributed by atoms with Gasteiger partial charge in [0.2, 0.25) is 0 Å². The smallest absolute Gasteiger partial charge is 0.192 e. The first kappa shape index (κ1) is 14.3. The molecule has 0 radical (unpaired) electrons. The number of aromatic nitrogens is 6. The molecular weight excluding hydrogens is 258 g/mol. The Kier molecular flexibility index (Phi) is 4.57. The van der Waals surface area contributed by atoms with Gasteiger partial charge >= 0.3 is 0 Å². The lowest BCUT2D eigenvalue weighted by molar-refractivity contribution is 0.0984. The second-order valence-electron chi connectivity index (χ2n) is 5.01. The van der Waals surface area contributed by atoms with Crippen molar-refractivity contribution in [2.24, 2.45) is 11.7 Å². The maximum absolute atomic E-state index is 12.1. The Balaban J connectivity index is 2.05. The molecule has 8 nitrogen and oxygen atoms in total. The predicted octanol–water partition coefficient (Wildman–Crippen LogP) is -0.0903. The molecule has 108 valence electrons. The van der Waals surface area contributed by atoms with E-state index in [0.717, 1.165) is 6.54 Å². The fraction of sp³-hybridized carbons (Fsp3) is 0.583. The van der Waals surface area contributed by atoms with E-state index in [1.165, 1.54) is 6.33 Å². The number of nitrogens with zero attached hydrogens (tertiary/aromatic N) is 6. The van der Waals surface area contributed by atoms with Crippen molar-refractivity contribution in [1.82, 2.24) is 29.8 Å². The largest absolute Gasteiger partial charge is 0.329 e. The van der Waals surface area contributed by atoms with Crippen LogP contribution < -0.4 is 5.73 Å².